The van der Waals surface area contributed by atoms with Gasteiger partial charge in [-0.15, -0.1) is 0 Å². The molecule has 1 rings (SSSR count). The van der Waals surface area contributed by atoms with Crippen molar-refractivity contribution in [3.63, 3.8) is 0 Å². The van der Waals surface area contributed by atoms with Gasteiger partial charge < -0.3 is 9.84 Å². The van der Waals surface area contributed by atoms with Gasteiger partial charge in [0.25, 0.3) is 0 Å². The van der Waals surface area contributed by atoms with Crippen LogP contribution in [0, 0.1) is 5.82 Å². The molecule has 92 valence electrons. The molecule has 0 unspecified atom stereocenters. The lowest BCUT2D eigenvalue weighted by Gasteiger charge is -2.10. The number of carboxylic acids is 1. The van der Waals surface area contributed by atoms with Crippen LogP contribution in [0.5, 0.6) is 5.75 Å². The van der Waals surface area contributed by atoms with E-state index in [9.17, 15) is 9.18 Å². The first kappa shape index (κ1) is 13.2. The number of methoxy groups -OCH3 is 1. The molecule has 1 aromatic rings. The van der Waals surface area contributed by atoms with Gasteiger partial charge in [0.1, 0.15) is 0 Å². The number of hydrogen-bond acceptors (Lipinski definition) is 2. The molecule has 0 aliphatic carbocycles. The van der Waals surface area contributed by atoms with Crippen molar-refractivity contribution in [3.8, 4) is 5.75 Å². The van der Waals surface area contributed by atoms with Crippen molar-refractivity contribution in [1.29, 1.82) is 0 Å². The lowest BCUT2D eigenvalue weighted by Crippen LogP contribution is -1.98. The van der Waals surface area contributed by atoms with Crippen molar-refractivity contribution < 1.29 is 19.0 Å². The van der Waals surface area contributed by atoms with Gasteiger partial charge in [0.2, 0.25) is 0 Å². The van der Waals surface area contributed by atoms with Crippen LogP contribution in [-0.4, -0.2) is 18.2 Å². The van der Waals surface area contributed by atoms with Crippen LogP contribution in [0.1, 0.15) is 24.5 Å². The van der Waals surface area contributed by atoms with E-state index in [2.05, 4.69) is 0 Å². The number of aliphatic carboxylic acids is 1. The Morgan fingerprint density at radius 1 is 1.53 bits per heavy atom. The van der Waals surface area contributed by atoms with Gasteiger partial charge in [0.15, 0.2) is 11.6 Å². The first-order chi connectivity index (χ1) is 8.10. The summed E-state index contributed by atoms with van der Waals surface area (Å²) in [5.74, 6) is -1.29. The van der Waals surface area contributed by atoms with Crippen LogP contribution in [0.25, 0.3) is 6.08 Å². The summed E-state index contributed by atoms with van der Waals surface area (Å²) >= 11 is 0. The number of halogens is 1. The van der Waals surface area contributed by atoms with Gasteiger partial charge >= 0.3 is 5.97 Å². The third-order valence-electron chi connectivity index (χ3n) is 2.37. The Morgan fingerprint density at radius 3 is 2.76 bits per heavy atom. The van der Waals surface area contributed by atoms with Crippen LogP contribution in [0.15, 0.2) is 18.2 Å². The molecule has 0 saturated carbocycles. The molecule has 1 N–H and O–H groups in total. The fourth-order valence-corrected chi connectivity index (χ4v) is 1.59. The summed E-state index contributed by atoms with van der Waals surface area (Å²) in [5.41, 5.74) is 1.07. The summed E-state index contributed by atoms with van der Waals surface area (Å²) in [6.07, 6.45) is 3.72. The number of ether oxygens (including phenoxy) is 1. The maximum Gasteiger partial charge on any atom is 0.328 e. The van der Waals surface area contributed by atoms with Gasteiger partial charge in [-0.3, -0.25) is 0 Å². The van der Waals surface area contributed by atoms with E-state index in [1.54, 1.807) is 6.07 Å². The van der Waals surface area contributed by atoms with Crippen molar-refractivity contribution >= 4 is 12.0 Å². The van der Waals surface area contributed by atoms with Crippen LogP contribution < -0.4 is 4.74 Å². The number of rotatable bonds is 5. The minimum Gasteiger partial charge on any atom is -0.494 e. The molecule has 0 saturated heterocycles. The molecular formula is C13H15FO3. The van der Waals surface area contributed by atoms with E-state index in [4.69, 9.17) is 9.84 Å². The van der Waals surface area contributed by atoms with Crippen LogP contribution in [-0.2, 0) is 11.2 Å². The summed E-state index contributed by atoms with van der Waals surface area (Å²) in [6.45, 7) is 1.93. The SMILES string of the molecule is CCCc1c(/C=C/C(=O)O)ccc(OC)c1F. The Morgan fingerprint density at radius 2 is 2.24 bits per heavy atom. The molecule has 4 heteroatoms. The number of hydrogen-bond donors (Lipinski definition) is 1. The van der Waals surface area contributed by atoms with E-state index in [-0.39, 0.29) is 5.75 Å². The topological polar surface area (TPSA) is 46.5 Å². The summed E-state index contributed by atoms with van der Waals surface area (Å²) in [5, 5.41) is 8.56. The van der Waals surface area contributed by atoms with Gasteiger partial charge in [-0.2, -0.15) is 0 Å². The Bertz CT molecular complexity index is 439. The average Bonchev–Trinajstić information content (AvgIpc) is 2.30. The van der Waals surface area contributed by atoms with Crippen molar-refractivity contribution in [2.75, 3.05) is 7.11 Å². The van der Waals surface area contributed by atoms with Crippen molar-refractivity contribution in [2.24, 2.45) is 0 Å². The third-order valence-corrected chi connectivity index (χ3v) is 2.37. The zero-order valence-corrected chi connectivity index (χ0v) is 9.87. The molecule has 0 aromatic heterocycles. The normalized spacial score (nSPS) is 10.8. The Balaban J connectivity index is 3.20. The van der Waals surface area contributed by atoms with Crippen LogP contribution in [0.2, 0.25) is 0 Å². The maximum absolute atomic E-state index is 13.9. The standard InChI is InChI=1S/C13H15FO3/c1-3-4-10-9(6-8-12(15)16)5-7-11(17-2)13(10)14/h5-8H,3-4H2,1-2H3,(H,15,16)/b8-6+. The second kappa shape index (κ2) is 6.03. The van der Waals surface area contributed by atoms with Crippen molar-refractivity contribution in [2.45, 2.75) is 19.8 Å². The van der Waals surface area contributed by atoms with E-state index in [1.807, 2.05) is 6.92 Å². The van der Waals surface area contributed by atoms with E-state index in [0.717, 1.165) is 12.5 Å². The molecule has 1 aromatic carbocycles. The quantitative estimate of drug-likeness (QED) is 0.802. The highest BCUT2D eigenvalue weighted by atomic mass is 19.1. The summed E-state index contributed by atoms with van der Waals surface area (Å²) < 4.78 is 18.8. The molecule has 0 aliphatic heterocycles. The first-order valence-corrected chi connectivity index (χ1v) is 5.36. The monoisotopic (exact) mass is 238 g/mol. The fraction of sp³-hybridized carbons (Fsp3) is 0.308. The second-order valence-electron chi connectivity index (χ2n) is 3.57. The molecule has 0 amide bonds. The molecule has 0 atom stereocenters. The summed E-state index contributed by atoms with van der Waals surface area (Å²) in [6, 6.07) is 3.16. The zero-order valence-electron chi connectivity index (χ0n) is 9.87. The Labute approximate surface area is 99.5 Å². The van der Waals surface area contributed by atoms with E-state index < -0.39 is 11.8 Å². The molecule has 0 spiro atoms. The Hall–Kier alpha value is -1.84. The number of benzene rings is 1. The molecule has 0 heterocycles. The average molecular weight is 238 g/mol. The minimum absolute atomic E-state index is 0.181. The number of carboxylic acid groups (broad SMARTS) is 1. The number of carbonyl (C=O) groups is 1. The minimum atomic E-state index is -1.05. The van der Waals surface area contributed by atoms with Gasteiger partial charge in [0.05, 0.1) is 7.11 Å². The van der Waals surface area contributed by atoms with Crippen molar-refractivity contribution in [1.82, 2.24) is 0 Å². The molecule has 0 aliphatic rings. The van der Waals surface area contributed by atoms with Crippen LogP contribution in [0.3, 0.4) is 0 Å². The maximum atomic E-state index is 13.9. The van der Waals surface area contributed by atoms with E-state index in [1.165, 1.54) is 19.3 Å². The largest absolute Gasteiger partial charge is 0.494 e. The summed E-state index contributed by atoms with van der Waals surface area (Å²) in [4.78, 5) is 10.4. The molecule has 0 bridgehead atoms. The molecule has 0 radical (unpaired) electrons. The van der Waals surface area contributed by atoms with E-state index in [0.29, 0.717) is 17.5 Å². The second-order valence-corrected chi connectivity index (χ2v) is 3.57. The smallest absolute Gasteiger partial charge is 0.328 e. The highest BCUT2D eigenvalue weighted by Crippen LogP contribution is 2.25. The molecule has 3 nitrogen and oxygen atoms in total. The van der Waals surface area contributed by atoms with Crippen molar-refractivity contribution in [3.05, 3.63) is 35.2 Å². The predicted octanol–water partition coefficient (Wildman–Crippen LogP) is 2.88. The highest BCUT2D eigenvalue weighted by molar-refractivity contribution is 5.85. The fourth-order valence-electron chi connectivity index (χ4n) is 1.59. The molecular weight excluding hydrogens is 223 g/mol. The highest BCUT2D eigenvalue weighted by Gasteiger charge is 2.11. The summed E-state index contributed by atoms with van der Waals surface area (Å²) in [7, 11) is 1.40. The van der Waals surface area contributed by atoms with Gasteiger partial charge in [-0.05, 0) is 29.7 Å². The lowest BCUT2D eigenvalue weighted by molar-refractivity contribution is -0.131. The van der Waals surface area contributed by atoms with Gasteiger partial charge in [-0.1, -0.05) is 19.4 Å². The predicted molar refractivity (Wildman–Crippen MR) is 63.6 cm³/mol. The molecule has 0 fully saturated rings. The van der Waals surface area contributed by atoms with E-state index >= 15 is 0 Å². The Kier molecular flexibility index (Phi) is 4.69. The first-order valence-electron chi connectivity index (χ1n) is 5.36. The van der Waals surface area contributed by atoms with Gasteiger partial charge in [-0.25, -0.2) is 9.18 Å². The van der Waals surface area contributed by atoms with Crippen LogP contribution in [0.4, 0.5) is 4.39 Å². The molecule has 17 heavy (non-hydrogen) atoms. The van der Waals surface area contributed by atoms with Gasteiger partial charge in [0, 0.05) is 6.08 Å². The zero-order chi connectivity index (χ0) is 12.8. The lowest BCUT2D eigenvalue weighted by atomic mass is 10.0. The third kappa shape index (κ3) is 3.31. The van der Waals surface area contributed by atoms with Crippen LogP contribution >= 0.6 is 0 Å².